The lowest BCUT2D eigenvalue weighted by Gasteiger charge is -2.24. The molecule has 1 fully saturated rings. The summed E-state index contributed by atoms with van der Waals surface area (Å²) < 4.78 is 17.6. The molecule has 1 amide bonds. The van der Waals surface area contributed by atoms with Gasteiger partial charge in [0.05, 0.1) is 29.0 Å². The van der Waals surface area contributed by atoms with E-state index in [1.807, 2.05) is 50.2 Å². The molecule has 1 aliphatic carbocycles. The monoisotopic (exact) mass is 826 g/mol. The number of anilines is 1. The Hall–Kier alpha value is -4.21. The molecule has 0 spiro atoms. The van der Waals surface area contributed by atoms with E-state index in [2.05, 4.69) is 23.6 Å². The van der Waals surface area contributed by atoms with E-state index in [0.29, 0.717) is 69.2 Å². The van der Waals surface area contributed by atoms with Crippen LogP contribution < -0.4 is 24.8 Å². The van der Waals surface area contributed by atoms with Gasteiger partial charge in [-0.2, -0.15) is 0 Å². The van der Waals surface area contributed by atoms with Gasteiger partial charge in [0, 0.05) is 32.4 Å². The molecule has 1 aliphatic rings. The molecule has 0 radical (unpaired) electrons. The van der Waals surface area contributed by atoms with Crippen molar-refractivity contribution in [3.05, 3.63) is 115 Å². The van der Waals surface area contributed by atoms with Crippen molar-refractivity contribution in [2.45, 2.75) is 71.8 Å². The van der Waals surface area contributed by atoms with Crippen molar-refractivity contribution in [2.75, 3.05) is 25.2 Å². The zero-order chi connectivity index (χ0) is 39.5. The first-order valence-electron chi connectivity index (χ1n) is 18.4. The van der Waals surface area contributed by atoms with Gasteiger partial charge in [-0.25, -0.2) is 0 Å². The highest BCUT2D eigenvalue weighted by Gasteiger charge is 2.21. The van der Waals surface area contributed by atoms with Gasteiger partial charge in [0.1, 0.15) is 23.0 Å². The van der Waals surface area contributed by atoms with E-state index in [4.69, 9.17) is 60.6 Å². The van der Waals surface area contributed by atoms with E-state index in [1.54, 1.807) is 30.3 Å². The molecular formula is C43H46Cl4N2O6. The minimum absolute atomic E-state index is 0.00868. The van der Waals surface area contributed by atoms with Crippen molar-refractivity contribution in [3.63, 3.8) is 0 Å². The van der Waals surface area contributed by atoms with Gasteiger partial charge in [-0.15, -0.1) is 0 Å². The van der Waals surface area contributed by atoms with Crippen molar-refractivity contribution in [2.24, 2.45) is 0 Å². The molecule has 0 unspecified atom stereocenters. The third-order valence-electron chi connectivity index (χ3n) is 9.24. The molecule has 4 N–H and O–H groups in total. The maximum absolute atomic E-state index is 12.9. The van der Waals surface area contributed by atoms with Crippen LogP contribution >= 0.6 is 46.4 Å². The van der Waals surface area contributed by atoms with Crippen molar-refractivity contribution < 1.29 is 29.2 Å². The van der Waals surface area contributed by atoms with Gasteiger partial charge in [-0.05, 0) is 99.9 Å². The van der Waals surface area contributed by atoms with Gasteiger partial charge >= 0.3 is 0 Å². The highest BCUT2D eigenvalue weighted by Crippen LogP contribution is 2.40. The highest BCUT2D eigenvalue weighted by atomic mass is 35.5. The second-order valence-electron chi connectivity index (χ2n) is 13.4. The molecule has 0 bridgehead atoms. The summed E-state index contributed by atoms with van der Waals surface area (Å²) in [6.07, 6.45) is 7.08. The average Bonchev–Trinajstić information content (AvgIpc) is 3.16. The lowest BCUT2D eigenvalue weighted by atomic mass is 9.97. The number of phenols is 2. The molecule has 12 heteroatoms. The summed E-state index contributed by atoms with van der Waals surface area (Å²) in [4.78, 5) is 12.9. The number of aryl methyl sites for hydroxylation is 2. The van der Waals surface area contributed by atoms with Gasteiger partial charge in [-0.1, -0.05) is 102 Å². The van der Waals surface area contributed by atoms with E-state index in [1.165, 1.54) is 12.0 Å². The number of nitrogens with one attached hydrogen (secondary N) is 2. The van der Waals surface area contributed by atoms with Gasteiger partial charge in [0.15, 0.2) is 12.5 Å². The van der Waals surface area contributed by atoms with E-state index in [0.717, 1.165) is 42.4 Å². The normalized spacial score (nSPS) is 12.8. The lowest BCUT2D eigenvalue weighted by molar-refractivity contribution is 0.0947. The fourth-order valence-corrected chi connectivity index (χ4v) is 7.62. The summed E-state index contributed by atoms with van der Waals surface area (Å²) >= 11 is 24.0. The lowest BCUT2D eigenvalue weighted by Crippen LogP contribution is -2.26. The van der Waals surface area contributed by atoms with Crippen LogP contribution in [0.15, 0.2) is 72.8 Å². The van der Waals surface area contributed by atoms with Crippen molar-refractivity contribution >= 4 is 68.8 Å². The van der Waals surface area contributed by atoms with Crippen molar-refractivity contribution in [3.8, 4) is 28.7 Å². The molecule has 292 valence electrons. The Labute approximate surface area is 342 Å². The molecule has 55 heavy (non-hydrogen) atoms. The molecule has 8 nitrogen and oxygen atoms in total. The number of carbonyl (C=O) groups excluding carboxylic acids is 1. The van der Waals surface area contributed by atoms with Gasteiger partial charge < -0.3 is 35.1 Å². The number of carbonyl (C=O) groups is 1. The van der Waals surface area contributed by atoms with Gasteiger partial charge in [0.2, 0.25) is 0 Å². The van der Waals surface area contributed by atoms with E-state index >= 15 is 0 Å². The Balaban J connectivity index is 0.000000229. The number of rotatable bonds is 13. The van der Waals surface area contributed by atoms with Gasteiger partial charge in [0.25, 0.3) is 5.91 Å². The topological polar surface area (TPSA) is 109 Å². The minimum atomic E-state index is -0.307. The van der Waals surface area contributed by atoms with Crippen molar-refractivity contribution in [1.29, 1.82) is 0 Å². The quantitative estimate of drug-likeness (QED) is 0.0531. The number of phenolic OH excluding ortho intramolecular Hbond substituents is 2. The molecule has 0 atom stereocenters. The van der Waals surface area contributed by atoms with Crippen LogP contribution in [-0.2, 0) is 6.42 Å². The number of amides is 1. The Morgan fingerprint density at radius 2 is 1.53 bits per heavy atom. The Bertz CT molecular complexity index is 2080. The van der Waals surface area contributed by atoms with Crippen LogP contribution in [0.5, 0.6) is 28.7 Å². The zero-order valence-electron chi connectivity index (χ0n) is 31.1. The number of fused-ring (bicyclic) bond motifs is 1. The van der Waals surface area contributed by atoms with Crippen LogP contribution in [0.2, 0.25) is 20.1 Å². The maximum atomic E-state index is 12.9. The molecule has 5 aromatic rings. The third kappa shape index (κ3) is 11.4. The summed E-state index contributed by atoms with van der Waals surface area (Å²) in [5, 5.41) is 29.8. The molecule has 0 aliphatic heterocycles. The van der Waals surface area contributed by atoms with E-state index in [-0.39, 0.29) is 40.8 Å². The fourth-order valence-electron chi connectivity index (χ4n) is 6.39. The molecule has 1 saturated carbocycles. The highest BCUT2D eigenvalue weighted by molar-refractivity contribution is 6.37. The molecule has 0 saturated heterocycles. The molecular weight excluding hydrogens is 782 g/mol. The van der Waals surface area contributed by atoms with Gasteiger partial charge in [-0.3, -0.25) is 4.79 Å². The Kier molecular flexibility index (Phi) is 15.3. The molecule has 5 aromatic carbocycles. The number of benzene rings is 5. The maximum Gasteiger partial charge on any atom is 0.255 e. The standard InChI is InChI=1S/C28H33NO4.C15H13Cl4NO2/c1-19-13-14-25(20(2)17-19)32-16-8-15-29-28(31)24-18-26(33-21-9-4-3-5-10-21)22-11-6-7-12-23(22)27(24)30;1-2-11-12(18)6-13(15(21)14(11)19)20-7-22-10-4-8(16)3-9(17)5-10/h6-7,11-14,17-18,21,30H,3-5,8-10,15-16H2,1-2H3,(H,29,31);3-6,20-21H,2,7H2,1H3. The summed E-state index contributed by atoms with van der Waals surface area (Å²) in [6.45, 7) is 7.03. The largest absolute Gasteiger partial charge is 0.506 e. The first-order chi connectivity index (χ1) is 26.4. The summed E-state index contributed by atoms with van der Waals surface area (Å²) in [5.41, 5.74) is 3.64. The SMILES string of the molecule is CCc1c(Cl)cc(NCOc2cc(Cl)cc(Cl)c2)c(O)c1Cl.Cc1ccc(OCCCNC(=O)c2cc(OC3CCCCC3)c3ccccc3c2O)c(C)c1. The van der Waals surface area contributed by atoms with E-state index in [9.17, 15) is 15.0 Å². The average molecular weight is 829 g/mol. The van der Waals surface area contributed by atoms with Crippen LogP contribution in [-0.4, -0.2) is 42.1 Å². The van der Waals surface area contributed by atoms with Crippen LogP contribution in [0.4, 0.5) is 5.69 Å². The van der Waals surface area contributed by atoms with Crippen molar-refractivity contribution in [1.82, 2.24) is 5.32 Å². The number of hydrogen-bond acceptors (Lipinski definition) is 7. The Morgan fingerprint density at radius 3 is 2.22 bits per heavy atom. The predicted octanol–water partition coefficient (Wildman–Crippen LogP) is 12.1. The zero-order valence-corrected chi connectivity index (χ0v) is 34.1. The van der Waals surface area contributed by atoms with E-state index < -0.39 is 0 Å². The predicted molar refractivity (Wildman–Crippen MR) is 225 cm³/mol. The minimum Gasteiger partial charge on any atom is -0.506 e. The first-order valence-corrected chi connectivity index (χ1v) is 19.9. The number of hydrogen-bond donors (Lipinski definition) is 4. The fraction of sp³-hybridized carbons (Fsp3) is 0.326. The second kappa shape index (κ2) is 20.1. The van der Waals surface area contributed by atoms with Crippen LogP contribution in [0, 0.1) is 13.8 Å². The van der Waals surface area contributed by atoms with Crippen LogP contribution in [0.25, 0.3) is 10.8 Å². The first kappa shape index (κ1) is 41.9. The number of aromatic hydroxyl groups is 2. The number of ether oxygens (including phenoxy) is 3. The van der Waals surface area contributed by atoms with Crippen LogP contribution in [0.1, 0.15) is 72.5 Å². The Morgan fingerprint density at radius 1 is 0.818 bits per heavy atom. The molecule has 0 aromatic heterocycles. The second-order valence-corrected chi connectivity index (χ2v) is 15.1. The molecule has 6 rings (SSSR count). The summed E-state index contributed by atoms with van der Waals surface area (Å²) in [7, 11) is 0. The third-order valence-corrected chi connectivity index (χ3v) is 10.4. The number of halogens is 4. The summed E-state index contributed by atoms with van der Waals surface area (Å²) in [6, 6.07) is 21.8. The smallest absolute Gasteiger partial charge is 0.255 e. The van der Waals surface area contributed by atoms with Crippen LogP contribution in [0.3, 0.4) is 0 Å². The molecule has 0 heterocycles. The summed E-state index contributed by atoms with van der Waals surface area (Å²) in [5.74, 6) is 1.66.